The molecule has 1 aromatic carbocycles. The number of aromatic nitrogens is 1. The lowest BCUT2D eigenvalue weighted by molar-refractivity contribution is 0.536. The van der Waals surface area contributed by atoms with E-state index in [2.05, 4.69) is 4.98 Å². The Bertz CT molecular complexity index is 452. The molecule has 13 heavy (non-hydrogen) atoms. The van der Waals surface area contributed by atoms with Gasteiger partial charge in [-0.3, -0.25) is 4.21 Å². The van der Waals surface area contributed by atoms with E-state index in [1.54, 1.807) is 11.6 Å². The predicted molar refractivity (Wildman–Crippen MR) is 52.2 cm³/mol. The highest BCUT2D eigenvalue weighted by Crippen LogP contribution is 2.19. The molecule has 0 aliphatic heterocycles. The summed E-state index contributed by atoms with van der Waals surface area (Å²) in [6, 6.07) is 5.49. The number of hydrogen-bond donors (Lipinski definition) is 0. The standard InChI is InChI=1S/C8H7NO2S2/c10-13(11)4-6-1-2-7-8(3-6)12-5-9-7/h1-3,5H,4H2,(H,10,11)/p-1. The molecule has 1 atom stereocenters. The van der Waals surface area contributed by atoms with Gasteiger partial charge in [-0.1, -0.05) is 17.1 Å². The SMILES string of the molecule is O=S([O-])Cc1ccc2ncsc2c1. The van der Waals surface area contributed by atoms with Crippen LogP contribution in [0.25, 0.3) is 10.2 Å². The van der Waals surface area contributed by atoms with E-state index in [9.17, 15) is 8.76 Å². The average molecular weight is 212 g/mol. The van der Waals surface area contributed by atoms with E-state index in [-0.39, 0.29) is 5.75 Å². The van der Waals surface area contributed by atoms with Crippen LogP contribution in [0.2, 0.25) is 0 Å². The summed E-state index contributed by atoms with van der Waals surface area (Å²) in [6.07, 6.45) is 0. The van der Waals surface area contributed by atoms with E-state index in [1.807, 2.05) is 12.1 Å². The van der Waals surface area contributed by atoms with Crippen molar-refractivity contribution in [2.24, 2.45) is 0 Å². The van der Waals surface area contributed by atoms with Crippen molar-refractivity contribution in [3.8, 4) is 0 Å². The summed E-state index contributed by atoms with van der Waals surface area (Å²) in [7, 11) is 0. The van der Waals surface area contributed by atoms with E-state index < -0.39 is 11.1 Å². The minimum Gasteiger partial charge on any atom is -0.772 e. The van der Waals surface area contributed by atoms with E-state index in [0.717, 1.165) is 15.8 Å². The Morgan fingerprint density at radius 3 is 3.15 bits per heavy atom. The summed E-state index contributed by atoms with van der Waals surface area (Å²) >= 11 is -0.497. The lowest BCUT2D eigenvalue weighted by Gasteiger charge is -2.03. The summed E-state index contributed by atoms with van der Waals surface area (Å²) in [5.41, 5.74) is 3.48. The van der Waals surface area contributed by atoms with Gasteiger partial charge in [-0.25, -0.2) is 4.98 Å². The highest BCUT2D eigenvalue weighted by Gasteiger charge is 1.98. The van der Waals surface area contributed by atoms with Crippen LogP contribution in [0.4, 0.5) is 0 Å². The second-order valence-electron chi connectivity index (χ2n) is 2.60. The molecule has 2 aromatic rings. The molecule has 0 spiro atoms. The Morgan fingerprint density at radius 1 is 1.54 bits per heavy atom. The maximum atomic E-state index is 10.4. The monoisotopic (exact) mass is 212 g/mol. The summed E-state index contributed by atoms with van der Waals surface area (Å²) in [6.45, 7) is 0. The molecule has 0 radical (unpaired) electrons. The minimum atomic E-state index is -2.01. The summed E-state index contributed by atoms with van der Waals surface area (Å²) < 4.78 is 21.9. The van der Waals surface area contributed by atoms with Crippen molar-refractivity contribution < 1.29 is 8.76 Å². The molecule has 3 nitrogen and oxygen atoms in total. The number of fused-ring (bicyclic) bond motifs is 1. The second-order valence-corrected chi connectivity index (χ2v) is 4.39. The molecular formula is C8H6NO2S2-. The maximum absolute atomic E-state index is 10.4. The van der Waals surface area contributed by atoms with E-state index in [0.29, 0.717) is 0 Å². The van der Waals surface area contributed by atoms with Crippen LogP contribution < -0.4 is 0 Å². The smallest absolute Gasteiger partial charge is 0.0812 e. The Balaban J connectivity index is 2.42. The van der Waals surface area contributed by atoms with Crippen LogP contribution in [0, 0.1) is 0 Å². The molecule has 0 amide bonds. The topological polar surface area (TPSA) is 53.0 Å². The third-order valence-electron chi connectivity index (χ3n) is 1.68. The molecule has 0 bridgehead atoms. The second kappa shape index (κ2) is 3.53. The van der Waals surface area contributed by atoms with E-state index in [4.69, 9.17) is 0 Å². The fourth-order valence-corrected chi connectivity index (χ4v) is 2.32. The van der Waals surface area contributed by atoms with Crippen LogP contribution in [0.5, 0.6) is 0 Å². The normalized spacial score (nSPS) is 13.3. The Labute approximate surface area is 81.7 Å². The first-order valence-electron chi connectivity index (χ1n) is 3.64. The summed E-state index contributed by atoms with van der Waals surface area (Å²) in [5.74, 6) is 0.0772. The maximum Gasteiger partial charge on any atom is 0.0812 e. The molecule has 0 saturated heterocycles. The van der Waals surface area contributed by atoms with Crippen molar-refractivity contribution in [1.29, 1.82) is 0 Å². The van der Waals surface area contributed by atoms with Crippen LogP contribution in [0.1, 0.15) is 5.56 Å². The molecule has 0 N–H and O–H groups in total. The van der Waals surface area contributed by atoms with E-state index >= 15 is 0 Å². The zero-order chi connectivity index (χ0) is 9.26. The number of thiazole rings is 1. The van der Waals surface area contributed by atoms with Gasteiger partial charge in [0.2, 0.25) is 0 Å². The Hall–Kier alpha value is -0.780. The number of benzene rings is 1. The summed E-state index contributed by atoms with van der Waals surface area (Å²) in [4.78, 5) is 4.10. The quantitative estimate of drug-likeness (QED) is 0.711. The van der Waals surface area contributed by atoms with Gasteiger partial charge in [0, 0.05) is 5.75 Å². The highest BCUT2D eigenvalue weighted by atomic mass is 32.2. The number of rotatable bonds is 2. The van der Waals surface area contributed by atoms with Crippen LogP contribution in [-0.4, -0.2) is 13.7 Å². The van der Waals surface area contributed by atoms with Crippen LogP contribution >= 0.6 is 11.3 Å². The lowest BCUT2D eigenvalue weighted by atomic mass is 10.2. The van der Waals surface area contributed by atoms with Gasteiger partial charge in [-0.05, 0) is 17.7 Å². The minimum absolute atomic E-state index is 0.0772. The van der Waals surface area contributed by atoms with Gasteiger partial charge in [-0.2, -0.15) is 0 Å². The van der Waals surface area contributed by atoms with Gasteiger partial charge in [-0.15, -0.1) is 11.3 Å². The molecule has 1 aromatic heterocycles. The van der Waals surface area contributed by atoms with Crippen molar-refractivity contribution in [1.82, 2.24) is 4.98 Å². The van der Waals surface area contributed by atoms with Crippen LogP contribution in [0.15, 0.2) is 23.7 Å². The molecule has 68 valence electrons. The molecule has 0 aliphatic carbocycles. The molecule has 2 rings (SSSR count). The van der Waals surface area contributed by atoms with Crippen LogP contribution in [-0.2, 0) is 16.8 Å². The van der Waals surface area contributed by atoms with Gasteiger partial charge in [0.05, 0.1) is 15.7 Å². The van der Waals surface area contributed by atoms with Gasteiger partial charge in [0.1, 0.15) is 0 Å². The molecular weight excluding hydrogens is 206 g/mol. The fourth-order valence-electron chi connectivity index (χ4n) is 1.13. The third kappa shape index (κ3) is 1.93. The lowest BCUT2D eigenvalue weighted by Crippen LogP contribution is -1.92. The first-order chi connectivity index (χ1) is 6.25. The number of nitrogens with zero attached hydrogens (tertiary/aromatic N) is 1. The predicted octanol–water partition coefficient (Wildman–Crippen LogP) is 1.68. The highest BCUT2D eigenvalue weighted by molar-refractivity contribution is 7.78. The summed E-state index contributed by atoms with van der Waals surface area (Å²) in [5, 5.41) is 0. The number of hydrogen-bond acceptors (Lipinski definition) is 4. The van der Waals surface area contributed by atoms with Crippen molar-refractivity contribution >= 4 is 32.6 Å². The van der Waals surface area contributed by atoms with Crippen molar-refractivity contribution in [2.45, 2.75) is 5.75 Å². The van der Waals surface area contributed by atoms with Crippen LogP contribution in [0.3, 0.4) is 0 Å². The van der Waals surface area contributed by atoms with Gasteiger partial charge >= 0.3 is 0 Å². The van der Waals surface area contributed by atoms with Crippen molar-refractivity contribution in [3.05, 3.63) is 29.3 Å². The van der Waals surface area contributed by atoms with E-state index in [1.165, 1.54) is 11.3 Å². The van der Waals surface area contributed by atoms with Crippen molar-refractivity contribution in [3.63, 3.8) is 0 Å². The molecule has 5 heteroatoms. The zero-order valence-corrected chi connectivity index (χ0v) is 8.23. The molecule has 0 saturated carbocycles. The van der Waals surface area contributed by atoms with Gasteiger partial charge in [0.25, 0.3) is 0 Å². The molecule has 1 unspecified atom stereocenters. The average Bonchev–Trinajstić information content (AvgIpc) is 2.49. The van der Waals surface area contributed by atoms with Crippen molar-refractivity contribution in [2.75, 3.05) is 0 Å². The molecule has 1 heterocycles. The largest absolute Gasteiger partial charge is 0.772 e. The molecule has 0 fully saturated rings. The first kappa shape index (κ1) is 8.80. The third-order valence-corrected chi connectivity index (χ3v) is 3.04. The Kier molecular flexibility index (Phi) is 2.39. The van der Waals surface area contributed by atoms with Gasteiger partial charge < -0.3 is 4.55 Å². The first-order valence-corrected chi connectivity index (χ1v) is 5.76. The fraction of sp³-hybridized carbons (Fsp3) is 0.125. The zero-order valence-electron chi connectivity index (χ0n) is 6.60. The Morgan fingerprint density at radius 2 is 2.38 bits per heavy atom. The van der Waals surface area contributed by atoms with Gasteiger partial charge in [0.15, 0.2) is 0 Å². The molecule has 0 aliphatic rings.